The number of ether oxygens (including phenoxy) is 2. The van der Waals surface area contributed by atoms with Crippen molar-refractivity contribution in [3.8, 4) is 22.6 Å². The van der Waals surface area contributed by atoms with Crippen LogP contribution in [0, 0.1) is 0 Å². The molecule has 0 aliphatic rings. The molecule has 0 saturated carbocycles. The van der Waals surface area contributed by atoms with Gasteiger partial charge in [-0.1, -0.05) is 97.1 Å². The van der Waals surface area contributed by atoms with E-state index in [1.807, 2.05) is 133 Å². The second-order valence-electron chi connectivity index (χ2n) is 12.4. The third-order valence-electron chi connectivity index (χ3n) is 9.08. The van der Waals surface area contributed by atoms with Gasteiger partial charge in [0, 0.05) is 53.8 Å². The third kappa shape index (κ3) is 6.89. The number of fused-ring (bicyclic) bond motifs is 4. The van der Waals surface area contributed by atoms with Crippen molar-refractivity contribution >= 4 is 90.3 Å². The summed E-state index contributed by atoms with van der Waals surface area (Å²) in [6.45, 7) is 0. The molecule has 0 aliphatic heterocycles. The van der Waals surface area contributed by atoms with Crippen molar-refractivity contribution < 1.29 is 19.1 Å². The van der Waals surface area contributed by atoms with Gasteiger partial charge in [0.1, 0.15) is 22.5 Å². The van der Waals surface area contributed by atoms with Crippen LogP contribution >= 0.6 is 23.5 Å². The summed E-state index contributed by atoms with van der Waals surface area (Å²) in [5.41, 5.74) is 6.07. The number of anilines is 2. The van der Waals surface area contributed by atoms with Gasteiger partial charge >= 0.3 is 0 Å². The number of para-hydroxylation sites is 6. The first kappa shape index (κ1) is 35.0. The van der Waals surface area contributed by atoms with E-state index in [1.165, 1.54) is 23.5 Å². The van der Waals surface area contributed by atoms with Gasteiger partial charge in [-0.25, -0.2) is 9.97 Å². The number of hydrogen-bond donors (Lipinski definition) is 2. The fraction of sp³-hybridized carbons (Fsp3) is 0.0909. The van der Waals surface area contributed by atoms with Gasteiger partial charge in [-0.2, -0.15) is 0 Å². The molecule has 8 rings (SSSR count). The van der Waals surface area contributed by atoms with Crippen LogP contribution in [-0.4, -0.2) is 47.5 Å². The Hall–Kier alpha value is -6.10. The Morgan fingerprint density at radius 3 is 1.33 bits per heavy atom. The average molecular weight is 747 g/mol. The van der Waals surface area contributed by atoms with Crippen molar-refractivity contribution in [1.82, 2.24) is 9.97 Å². The molecule has 6 aromatic carbocycles. The number of carbonyl (C=O) groups excluding carboxylic acids is 2. The van der Waals surface area contributed by atoms with E-state index in [0.29, 0.717) is 22.9 Å². The summed E-state index contributed by atoms with van der Waals surface area (Å²) in [4.78, 5) is 38.9. The topological polar surface area (TPSA) is 102 Å². The van der Waals surface area contributed by atoms with Gasteiger partial charge < -0.3 is 20.1 Å². The van der Waals surface area contributed by atoms with Crippen molar-refractivity contribution in [1.29, 1.82) is 0 Å². The number of amides is 2. The van der Waals surface area contributed by atoms with Gasteiger partial charge in [0.25, 0.3) is 0 Å². The highest BCUT2D eigenvalue weighted by Crippen LogP contribution is 2.40. The number of nitrogens with one attached hydrogen (secondary N) is 2. The number of aromatic nitrogens is 2. The molecule has 2 N–H and O–H groups in total. The largest absolute Gasteiger partial charge is 0.494 e. The molecule has 8 aromatic rings. The third-order valence-corrected chi connectivity index (χ3v) is 11.3. The lowest BCUT2D eigenvalue weighted by molar-refractivity contribution is -0.114. The van der Waals surface area contributed by atoms with E-state index in [4.69, 9.17) is 19.4 Å². The highest BCUT2D eigenvalue weighted by Gasteiger charge is 2.18. The molecule has 54 heavy (non-hydrogen) atoms. The first-order valence-electron chi connectivity index (χ1n) is 17.3. The van der Waals surface area contributed by atoms with Gasteiger partial charge in [-0.15, -0.1) is 23.5 Å². The zero-order valence-corrected chi connectivity index (χ0v) is 31.1. The molecule has 8 nitrogen and oxygen atoms in total. The van der Waals surface area contributed by atoms with Gasteiger partial charge in [-0.05, 0) is 36.4 Å². The van der Waals surface area contributed by atoms with Crippen molar-refractivity contribution in [2.75, 3.05) is 36.4 Å². The SMILES string of the molecule is COc1cccc2c(SCC(=O)Nc3ccccc3-c3ccccc3NC(=O)CSc3c4ccccc4nc4c(OC)cccc34)c3ccccc3nc12. The molecule has 266 valence electrons. The molecule has 2 heterocycles. The summed E-state index contributed by atoms with van der Waals surface area (Å²) in [6, 6.07) is 42.8. The molecule has 0 saturated heterocycles. The van der Waals surface area contributed by atoms with Gasteiger partial charge in [-0.3, -0.25) is 9.59 Å². The summed E-state index contributed by atoms with van der Waals surface area (Å²) in [5.74, 6) is 1.40. The number of thioether (sulfide) groups is 2. The quantitative estimate of drug-likeness (QED) is 0.0996. The summed E-state index contributed by atoms with van der Waals surface area (Å²) in [7, 11) is 3.27. The fourth-order valence-corrected chi connectivity index (χ4v) is 8.63. The molecule has 0 fully saturated rings. The van der Waals surface area contributed by atoms with Crippen LogP contribution in [0.4, 0.5) is 11.4 Å². The van der Waals surface area contributed by atoms with E-state index >= 15 is 0 Å². The van der Waals surface area contributed by atoms with Crippen molar-refractivity contribution in [3.63, 3.8) is 0 Å². The first-order chi connectivity index (χ1) is 26.5. The summed E-state index contributed by atoms with van der Waals surface area (Å²) in [5, 5.41) is 10.1. The molecular weight excluding hydrogens is 713 g/mol. The van der Waals surface area contributed by atoms with Crippen LogP contribution in [0.2, 0.25) is 0 Å². The zero-order valence-electron chi connectivity index (χ0n) is 29.5. The molecule has 0 spiro atoms. The van der Waals surface area contributed by atoms with Crippen LogP contribution in [-0.2, 0) is 9.59 Å². The van der Waals surface area contributed by atoms with Crippen LogP contribution in [0.3, 0.4) is 0 Å². The molecular formula is C44H34N4O4S2. The number of rotatable bonds is 11. The van der Waals surface area contributed by atoms with E-state index in [9.17, 15) is 9.59 Å². The Bertz CT molecular complexity index is 2530. The Balaban J connectivity index is 1.02. The van der Waals surface area contributed by atoms with Crippen LogP contribution in [0.5, 0.6) is 11.5 Å². The maximum Gasteiger partial charge on any atom is 0.234 e. The predicted octanol–water partition coefficient (Wildman–Crippen LogP) is 10.2. The van der Waals surface area contributed by atoms with Gasteiger partial charge in [0.15, 0.2) is 0 Å². The molecule has 0 aliphatic carbocycles. The lowest BCUT2D eigenvalue weighted by Crippen LogP contribution is -2.16. The van der Waals surface area contributed by atoms with Crippen LogP contribution in [0.1, 0.15) is 0 Å². The number of pyridine rings is 2. The number of hydrogen-bond acceptors (Lipinski definition) is 8. The maximum atomic E-state index is 13.6. The Morgan fingerprint density at radius 2 is 0.889 bits per heavy atom. The number of nitrogens with zero attached hydrogens (tertiary/aromatic N) is 2. The average Bonchev–Trinajstić information content (AvgIpc) is 3.21. The lowest BCUT2D eigenvalue weighted by atomic mass is 10.0. The molecule has 2 amide bonds. The molecule has 0 radical (unpaired) electrons. The smallest absolute Gasteiger partial charge is 0.234 e. The maximum absolute atomic E-state index is 13.6. The minimum absolute atomic E-state index is 0.157. The van der Waals surface area contributed by atoms with Gasteiger partial charge in [0.05, 0.1) is 36.8 Å². The standard InChI is InChI=1S/C44H34N4O4S2/c1-51-37-23-11-17-31-41(37)47-35-21-9-5-15-29(35)43(31)53-25-39(49)45-33-19-7-3-13-27(33)28-14-4-8-20-34(28)46-40(50)26-54-44-30-16-6-10-22-36(30)48-42-32(44)18-12-24-38(42)52-2/h3-24H,25-26H2,1-2H3,(H,45,49)(H,46,50). The summed E-state index contributed by atoms with van der Waals surface area (Å²) >= 11 is 2.94. The Morgan fingerprint density at radius 1 is 0.500 bits per heavy atom. The Kier molecular flexibility index (Phi) is 10.0. The normalized spacial score (nSPS) is 11.2. The van der Waals surface area contributed by atoms with Crippen molar-refractivity contribution in [2.45, 2.75) is 9.79 Å². The molecule has 0 bridgehead atoms. The second-order valence-corrected chi connectivity index (χ2v) is 14.4. The minimum Gasteiger partial charge on any atom is -0.494 e. The molecule has 0 unspecified atom stereocenters. The fourth-order valence-electron chi connectivity index (χ4n) is 6.64. The van der Waals surface area contributed by atoms with E-state index < -0.39 is 0 Å². The predicted molar refractivity (Wildman–Crippen MR) is 222 cm³/mol. The van der Waals surface area contributed by atoms with E-state index in [1.54, 1.807) is 14.2 Å². The van der Waals surface area contributed by atoms with E-state index in [2.05, 4.69) is 10.6 Å². The van der Waals surface area contributed by atoms with E-state index in [-0.39, 0.29) is 23.3 Å². The van der Waals surface area contributed by atoms with Crippen LogP contribution in [0.15, 0.2) is 143 Å². The highest BCUT2D eigenvalue weighted by molar-refractivity contribution is 8.00. The Labute approximate surface area is 320 Å². The number of methoxy groups -OCH3 is 2. The second kappa shape index (κ2) is 15.5. The molecule has 0 atom stereocenters. The monoisotopic (exact) mass is 746 g/mol. The number of benzene rings is 6. The molecule has 10 heteroatoms. The summed E-state index contributed by atoms with van der Waals surface area (Å²) in [6.07, 6.45) is 0. The number of carbonyl (C=O) groups is 2. The first-order valence-corrected chi connectivity index (χ1v) is 19.2. The molecule has 2 aromatic heterocycles. The van der Waals surface area contributed by atoms with E-state index in [0.717, 1.165) is 64.5 Å². The van der Waals surface area contributed by atoms with Crippen LogP contribution < -0.4 is 20.1 Å². The van der Waals surface area contributed by atoms with Gasteiger partial charge in [0.2, 0.25) is 11.8 Å². The zero-order chi connectivity index (χ0) is 37.0. The van der Waals surface area contributed by atoms with Crippen molar-refractivity contribution in [2.24, 2.45) is 0 Å². The van der Waals surface area contributed by atoms with Crippen molar-refractivity contribution in [3.05, 3.63) is 133 Å². The summed E-state index contributed by atoms with van der Waals surface area (Å²) < 4.78 is 11.2. The lowest BCUT2D eigenvalue weighted by Gasteiger charge is -2.16. The van der Waals surface area contributed by atoms with Crippen LogP contribution in [0.25, 0.3) is 54.7 Å². The minimum atomic E-state index is -0.157. The highest BCUT2D eigenvalue weighted by atomic mass is 32.2.